The third kappa shape index (κ3) is 5.27. The number of nitrogens with one attached hydrogen (secondary N) is 1. The molecule has 1 aromatic heterocycles. The van der Waals surface area contributed by atoms with Gasteiger partial charge in [-0.05, 0) is 72.5 Å². The maximum Gasteiger partial charge on any atom is 0.255 e. The van der Waals surface area contributed by atoms with Gasteiger partial charge >= 0.3 is 0 Å². The molecular weight excluding hydrogens is 402 g/mol. The standard InChI is InChI=1S/C19H22BrN3O.ClH/c20-18-9-2-1-8-17(18)19(24)23(14-15-6-3-4-12-22-15)16-7-5-11-21-13-10-16;/h1-4,6,8-9,12,16,21H,5,7,10-11,13-14H2;1H. The molecule has 25 heavy (non-hydrogen) atoms. The van der Waals surface area contributed by atoms with Crippen molar-refractivity contribution < 1.29 is 4.79 Å². The summed E-state index contributed by atoms with van der Waals surface area (Å²) in [4.78, 5) is 19.6. The van der Waals surface area contributed by atoms with Gasteiger partial charge in [-0.3, -0.25) is 9.78 Å². The second kappa shape index (κ2) is 9.90. The first-order valence-electron chi connectivity index (χ1n) is 8.42. The van der Waals surface area contributed by atoms with Gasteiger partial charge in [0.2, 0.25) is 0 Å². The molecule has 6 heteroatoms. The zero-order chi connectivity index (χ0) is 16.8. The monoisotopic (exact) mass is 423 g/mol. The largest absolute Gasteiger partial charge is 0.330 e. The molecule has 1 amide bonds. The molecule has 1 aliphatic heterocycles. The maximum atomic E-state index is 13.2. The molecule has 2 heterocycles. The van der Waals surface area contributed by atoms with E-state index in [9.17, 15) is 4.79 Å². The molecule has 1 atom stereocenters. The van der Waals surface area contributed by atoms with Crippen molar-refractivity contribution in [3.63, 3.8) is 0 Å². The number of hydrogen-bond acceptors (Lipinski definition) is 3. The van der Waals surface area contributed by atoms with Crippen molar-refractivity contribution in [3.05, 3.63) is 64.4 Å². The Bertz CT molecular complexity index is 675. The summed E-state index contributed by atoms with van der Waals surface area (Å²) in [6.45, 7) is 2.52. The second-order valence-corrected chi connectivity index (χ2v) is 6.92. The summed E-state index contributed by atoms with van der Waals surface area (Å²) in [6, 6.07) is 13.7. The Balaban J connectivity index is 0.00000225. The van der Waals surface area contributed by atoms with Crippen LogP contribution >= 0.6 is 28.3 Å². The normalized spacial score (nSPS) is 17.2. The van der Waals surface area contributed by atoms with Crippen LogP contribution in [0.3, 0.4) is 0 Å². The molecule has 0 bridgehead atoms. The summed E-state index contributed by atoms with van der Waals surface area (Å²) in [5.41, 5.74) is 1.64. The zero-order valence-electron chi connectivity index (χ0n) is 14.0. The molecule has 134 valence electrons. The average molecular weight is 425 g/mol. The molecule has 1 N–H and O–H groups in total. The summed E-state index contributed by atoms with van der Waals surface area (Å²) in [6.07, 6.45) is 4.87. The van der Waals surface area contributed by atoms with Crippen molar-refractivity contribution in [1.29, 1.82) is 0 Å². The van der Waals surface area contributed by atoms with Gasteiger partial charge in [0.05, 0.1) is 17.8 Å². The van der Waals surface area contributed by atoms with Gasteiger partial charge in [0.25, 0.3) is 5.91 Å². The highest BCUT2D eigenvalue weighted by atomic mass is 79.9. The fourth-order valence-electron chi connectivity index (χ4n) is 3.13. The number of hydrogen-bond donors (Lipinski definition) is 1. The quantitative estimate of drug-likeness (QED) is 0.805. The first-order chi connectivity index (χ1) is 11.8. The van der Waals surface area contributed by atoms with Crippen molar-refractivity contribution in [1.82, 2.24) is 15.2 Å². The number of aromatic nitrogens is 1. The van der Waals surface area contributed by atoms with Gasteiger partial charge in [-0.15, -0.1) is 12.4 Å². The molecule has 1 saturated heterocycles. The minimum absolute atomic E-state index is 0. The smallest absolute Gasteiger partial charge is 0.255 e. The molecule has 3 rings (SSSR count). The highest BCUT2D eigenvalue weighted by Crippen LogP contribution is 2.23. The molecular formula is C19H23BrClN3O. The van der Waals surface area contributed by atoms with E-state index in [1.807, 2.05) is 47.4 Å². The van der Waals surface area contributed by atoms with E-state index in [1.54, 1.807) is 6.20 Å². The lowest BCUT2D eigenvalue weighted by molar-refractivity contribution is 0.0641. The van der Waals surface area contributed by atoms with E-state index in [0.717, 1.165) is 42.5 Å². The van der Waals surface area contributed by atoms with Crippen LogP contribution in [-0.4, -0.2) is 34.9 Å². The lowest BCUT2D eigenvalue weighted by atomic mass is 10.0. The van der Waals surface area contributed by atoms with Crippen LogP contribution in [0.25, 0.3) is 0 Å². The molecule has 4 nitrogen and oxygen atoms in total. The first-order valence-corrected chi connectivity index (χ1v) is 9.21. The van der Waals surface area contributed by atoms with Crippen molar-refractivity contribution in [3.8, 4) is 0 Å². The third-order valence-electron chi connectivity index (χ3n) is 4.41. The van der Waals surface area contributed by atoms with Gasteiger partial charge in [0.15, 0.2) is 0 Å². The molecule has 0 spiro atoms. The number of nitrogens with zero attached hydrogens (tertiary/aromatic N) is 2. The van der Waals surface area contributed by atoms with Gasteiger partial charge in [-0.2, -0.15) is 0 Å². The Labute approximate surface area is 163 Å². The Morgan fingerprint density at radius 2 is 1.96 bits per heavy atom. The highest BCUT2D eigenvalue weighted by molar-refractivity contribution is 9.10. The minimum atomic E-state index is 0. The van der Waals surface area contributed by atoms with Crippen LogP contribution in [0.2, 0.25) is 0 Å². The lowest BCUT2D eigenvalue weighted by Gasteiger charge is -2.31. The van der Waals surface area contributed by atoms with Gasteiger partial charge in [-0.25, -0.2) is 0 Å². The Morgan fingerprint density at radius 3 is 2.72 bits per heavy atom. The van der Waals surface area contributed by atoms with Crippen molar-refractivity contribution in [2.24, 2.45) is 0 Å². The highest BCUT2D eigenvalue weighted by Gasteiger charge is 2.27. The van der Waals surface area contributed by atoms with Crippen molar-refractivity contribution in [2.75, 3.05) is 13.1 Å². The Kier molecular flexibility index (Phi) is 7.88. The molecule has 1 unspecified atom stereocenters. The summed E-state index contributed by atoms with van der Waals surface area (Å²) < 4.78 is 0.841. The van der Waals surface area contributed by atoms with Gasteiger partial charge in [0, 0.05) is 16.7 Å². The Hall–Kier alpha value is -1.43. The second-order valence-electron chi connectivity index (χ2n) is 6.07. The van der Waals surface area contributed by atoms with E-state index < -0.39 is 0 Å². The zero-order valence-corrected chi connectivity index (χ0v) is 16.4. The van der Waals surface area contributed by atoms with E-state index in [1.165, 1.54) is 0 Å². The van der Waals surface area contributed by atoms with Gasteiger partial charge < -0.3 is 10.2 Å². The molecule has 1 fully saturated rings. The van der Waals surface area contributed by atoms with Crippen LogP contribution in [0.1, 0.15) is 35.3 Å². The third-order valence-corrected chi connectivity index (χ3v) is 5.10. The summed E-state index contributed by atoms with van der Waals surface area (Å²) in [5, 5.41) is 3.42. The number of halogens is 2. The first kappa shape index (κ1) is 19.9. The fraction of sp³-hybridized carbons (Fsp3) is 0.368. The van der Waals surface area contributed by atoms with E-state index in [4.69, 9.17) is 0 Å². The molecule has 0 saturated carbocycles. The van der Waals surface area contributed by atoms with Gasteiger partial charge in [0.1, 0.15) is 0 Å². The minimum Gasteiger partial charge on any atom is -0.330 e. The van der Waals surface area contributed by atoms with Crippen molar-refractivity contribution in [2.45, 2.75) is 31.8 Å². The van der Waals surface area contributed by atoms with Crippen LogP contribution in [0.4, 0.5) is 0 Å². The number of carbonyl (C=O) groups excluding carboxylic acids is 1. The topological polar surface area (TPSA) is 45.2 Å². The molecule has 1 aliphatic rings. The number of pyridine rings is 1. The Morgan fingerprint density at radius 1 is 1.16 bits per heavy atom. The van der Waals surface area contributed by atoms with Crippen molar-refractivity contribution >= 4 is 34.2 Å². The lowest BCUT2D eigenvalue weighted by Crippen LogP contribution is -2.40. The molecule has 2 aromatic rings. The van der Waals surface area contributed by atoms with Crippen LogP contribution in [0.15, 0.2) is 53.1 Å². The number of rotatable bonds is 4. The van der Waals surface area contributed by atoms with Crippen LogP contribution in [-0.2, 0) is 6.54 Å². The molecule has 0 radical (unpaired) electrons. The maximum absolute atomic E-state index is 13.2. The van der Waals surface area contributed by atoms with Crippen LogP contribution < -0.4 is 5.32 Å². The van der Waals surface area contributed by atoms with E-state index in [2.05, 4.69) is 26.2 Å². The fourth-order valence-corrected chi connectivity index (χ4v) is 3.59. The summed E-state index contributed by atoms with van der Waals surface area (Å²) >= 11 is 3.51. The predicted molar refractivity (Wildman–Crippen MR) is 106 cm³/mol. The molecule has 0 aliphatic carbocycles. The van der Waals surface area contributed by atoms with Crippen LogP contribution in [0, 0.1) is 0 Å². The SMILES string of the molecule is Cl.O=C(c1ccccc1Br)N(Cc1ccccn1)C1CCCNCC1. The number of amides is 1. The van der Waals surface area contributed by atoms with E-state index in [-0.39, 0.29) is 24.4 Å². The average Bonchev–Trinajstić information content (AvgIpc) is 2.90. The summed E-state index contributed by atoms with van der Waals surface area (Å²) in [5.74, 6) is 0.0695. The van der Waals surface area contributed by atoms with Crippen LogP contribution in [0.5, 0.6) is 0 Å². The number of benzene rings is 1. The molecule has 1 aromatic carbocycles. The van der Waals surface area contributed by atoms with Gasteiger partial charge in [-0.1, -0.05) is 18.2 Å². The van der Waals surface area contributed by atoms with E-state index >= 15 is 0 Å². The summed E-state index contributed by atoms with van der Waals surface area (Å²) in [7, 11) is 0. The van der Waals surface area contributed by atoms with E-state index in [0.29, 0.717) is 12.1 Å². The number of carbonyl (C=O) groups is 1. The predicted octanol–water partition coefficient (Wildman–Crippen LogP) is 4.05.